The van der Waals surface area contributed by atoms with E-state index < -0.39 is 0 Å². The van der Waals surface area contributed by atoms with Gasteiger partial charge in [-0.1, -0.05) is 18.2 Å². The fourth-order valence-corrected chi connectivity index (χ4v) is 2.30. The molecule has 0 fully saturated rings. The summed E-state index contributed by atoms with van der Waals surface area (Å²) in [6.45, 7) is 2.60. The van der Waals surface area contributed by atoms with E-state index in [1.54, 1.807) is 11.3 Å². The predicted octanol–water partition coefficient (Wildman–Crippen LogP) is 3.14. The fraction of sp³-hybridized carbons (Fsp3) is 0.231. The highest BCUT2D eigenvalue weighted by Crippen LogP contribution is 2.21. The zero-order valence-corrected chi connectivity index (χ0v) is 10.0. The average molecular weight is 233 g/mol. The normalized spacial score (nSPS) is 12.4. The van der Waals surface area contributed by atoms with Crippen molar-refractivity contribution in [1.29, 1.82) is 0 Å². The van der Waals surface area contributed by atoms with Gasteiger partial charge in [-0.05, 0) is 31.2 Å². The van der Waals surface area contributed by atoms with Crippen LogP contribution in [-0.4, -0.2) is 6.61 Å². The molecule has 0 radical (unpaired) electrons. The summed E-state index contributed by atoms with van der Waals surface area (Å²) in [6.07, 6.45) is 0. The van der Waals surface area contributed by atoms with Crippen molar-refractivity contribution >= 4 is 11.3 Å². The molecule has 3 heteroatoms. The van der Waals surface area contributed by atoms with E-state index in [9.17, 15) is 0 Å². The lowest BCUT2D eigenvalue weighted by Gasteiger charge is -2.11. The molecule has 1 atom stereocenters. The lowest BCUT2D eigenvalue weighted by molar-refractivity contribution is 0.292. The van der Waals surface area contributed by atoms with E-state index >= 15 is 0 Å². The molecule has 1 aromatic heterocycles. The maximum absolute atomic E-state index is 6.04. The van der Waals surface area contributed by atoms with Gasteiger partial charge in [0, 0.05) is 9.75 Å². The molecule has 0 aliphatic carbocycles. The molecule has 0 bridgehead atoms. The Balaban J connectivity index is 1.91. The van der Waals surface area contributed by atoms with Crippen LogP contribution in [0.1, 0.15) is 15.8 Å². The Morgan fingerprint density at radius 2 is 1.94 bits per heavy atom. The number of rotatable bonds is 4. The van der Waals surface area contributed by atoms with Crippen LogP contribution < -0.4 is 10.5 Å². The van der Waals surface area contributed by atoms with E-state index in [0.29, 0.717) is 6.61 Å². The molecule has 1 aromatic carbocycles. The Bertz CT molecular complexity index is 438. The Morgan fingerprint density at radius 1 is 1.19 bits per heavy atom. The third-order valence-electron chi connectivity index (χ3n) is 2.30. The van der Waals surface area contributed by atoms with Crippen LogP contribution in [0.4, 0.5) is 0 Å². The second-order valence-corrected chi connectivity index (χ2v) is 5.00. The molecule has 2 N–H and O–H groups in total. The molecular formula is C13H15NOS. The number of para-hydroxylation sites is 1. The van der Waals surface area contributed by atoms with Gasteiger partial charge in [0.05, 0.1) is 6.04 Å². The molecule has 1 heterocycles. The van der Waals surface area contributed by atoms with Crippen molar-refractivity contribution in [3.05, 3.63) is 52.2 Å². The van der Waals surface area contributed by atoms with Gasteiger partial charge in [0.1, 0.15) is 12.4 Å². The summed E-state index contributed by atoms with van der Waals surface area (Å²) in [5, 5.41) is 0. The number of hydrogen-bond acceptors (Lipinski definition) is 3. The molecular weight excluding hydrogens is 218 g/mol. The molecule has 0 saturated heterocycles. The van der Waals surface area contributed by atoms with Crippen LogP contribution in [0.2, 0.25) is 0 Å². The summed E-state index contributed by atoms with van der Waals surface area (Å²) >= 11 is 1.73. The van der Waals surface area contributed by atoms with Crippen molar-refractivity contribution in [2.75, 3.05) is 6.61 Å². The van der Waals surface area contributed by atoms with Crippen LogP contribution in [0.3, 0.4) is 0 Å². The maximum Gasteiger partial charge on any atom is 0.119 e. The van der Waals surface area contributed by atoms with Crippen molar-refractivity contribution in [2.45, 2.75) is 13.0 Å². The van der Waals surface area contributed by atoms with Gasteiger partial charge < -0.3 is 10.5 Å². The van der Waals surface area contributed by atoms with E-state index in [1.165, 1.54) is 9.75 Å². The summed E-state index contributed by atoms with van der Waals surface area (Å²) in [5.74, 6) is 0.867. The van der Waals surface area contributed by atoms with Crippen LogP contribution in [0, 0.1) is 6.92 Å². The lowest BCUT2D eigenvalue weighted by atomic mass is 10.2. The van der Waals surface area contributed by atoms with Crippen molar-refractivity contribution in [3.63, 3.8) is 0 Å². The SMILES string of the molecule is Cc1ccc(C(N)COc2ccccc2)s1. The monoisotopic (exact) mass is 233 g/mol. The van der Waals surface area contributed by atoms with Gasteiger partial charge in [0.2, 0.25) is 0 Å². The van der Waals surface area contributed by atoms with Gasteiger partial charge >= 0.3 is 0 Å². The Labute approximate surface area is 99.7 Å². The smallest absolute Gasteiger partial charge is 0.119 e. The maximum atomic E-state index is 6.04. The number of nitrogens with two attached hydrogens (primary N) is 1. The third kappa shape index (κ3) is 2.84. The standard InChI is InChI=1S/C13H15NOS/c1-10-7-8-13(16-10)12(14)9-15-11-5-3-2-4-6-11/h2-8,12H,9,14H2,1H3. The topological polar surface area (TPSA) is 35.2 Å². The van der Waals surface area contributed by atoms with E-state index in [0.717, 1.165) is 5.75 Å². The molecule has 0 amide bonds. The molecule has 2 aromatic rings. The van der Waals surface area contributed by atoms with Crippen molar-refractivity contribution in [1.82, 2.24) is 0 Å². The predicted molar refractivity (Wildman–Crippen MR) is 67.9 cm³/mol. The van der Waals surface area contributed by atoms with Crippen LogP contribution in [0.5, 0.6) is 5.75 Å². The second-order valence-electron chi connectivity index (χ2n) is 3.68. The van der Waals surface area contributed by atoms with Crippen LogP contribution in [-0.2, 0) is 0 Å². The minimum atomic E-state index is -0.0427. The molecule has 1 unspecified atom stereocenters. The number of aryl methyl sites for hydroxylation is 1. The van der Waals surface area contributed by atoms with Gasteiger partial charge in [-0.3, -0.25) is 0 Å². The van der Waals surface area contributed by atoms with Crippen LogP contribution in [0.25, 0.3) is 0 Å². The summed E-state index contributed by atoms with van der Waals surface area (Å²) in [5.41, 5.74) is 6.04. The summed E-state index contributed by atoms with van der Waals surface area (Å²) in [6, 6.07) is 13.9. The number of benzene rings is 1. The first-order chi connectivity index (χ1) is 7.75. The molecule has 16 heavy (non-hydrogen) atoms. The first kappa shape index (κ1) is 11.2. The molecule has 0 saturated carbocycles. The highest BCUT2D eigenvalue weighted by atomic mass is 32.1. The van der Waals surface area contributed by atoms with Crippen molar-refractivity contribution in [2.24, 2.45) is 5.73 Å². The minimum Gasteiger partial charge on any atom is -0.492 e. The van der Waals surface area contributed by atoms with E-state index in [4.69, 9.17) is 10.5 Å². The molecule has 2 rings (SSSR count). The van der Waals surface area contributed by atoms with Crippen molar-refractivity contribution < 1.29 is 4.74 Å². The largest absolute Gasteiger partial charge is 0.492 e. The Hall–Kier alpha value is -1.32. The number of hydrogen-bond donors (Lipinski definition) is 1. The second kappa shape index (κ2) is 5.14. The van der Waals surface area contributed by atoms with Crippen molar-refractivity contribution in [3.8, 4) is 5.75 Å². The van der Waals surface area contributed by atoms with Gasteiger partial charge in [0.15, 0.2) is 0 Å². The van der Waals surface area contributed by atoms with E-state index in [1.807, 2.05) is 30.3 Å². The highest BCUT2D eigenvalue weighted by molar-refractivity contribution is 7.12. The highest BCUT2D eigenvalue weighted by Gasteiger charge is 2.08. The Morgan fingerprint density at radius 3 is 2.56 bits per heavy atom. The Kier molecular flexibility index (Phi) is 3.59. The van der Waals surface area contributed by atoms with Crippen LogP contribution >= 0.6 is 11.3 Å². The molecule has 84 valence electrons. The van der Waals surface area contributed by atoms with E-state index in [2.05, 4.69) is 19.1 Å². The summed E-state index contributed by atoms with van der Waals surface area (Å²) < 4.78 is 5.61. The molecule has 0 aliphatic rings. The molecule has 2 nitrogen and oxygen atoms in total. The average Bonchev–Trinajstić information content (AvgIpc) is 2.74. The first-order valence-corrected chi connectivity index (χ1v) is 6.07. The van der Waals surface area contributed by atoms with E-state index in [-0.39, 0.29) is 6.04 Å². The van der Waals surface area contributed by atoms with Gasteiger partial charge in [-0.2, -0.15) is 0 Å². The fourth-order valence-electron chi connectivity index (χ4n) is 1.44. The summed E-state index contributed by atoms with van der Waals surface area (Å²) in [4.78, 5) is 2.46. The minimum absolute atomic E-state index is 0.0427. The van der Waals surface area contributed by atoms with Gasteiger partial charge in [0.25, 0.3) is 0 Å². The zero-order valence-electron chi connectivity index (χ0n) is 9.22. The van der Waals surface area contributed by atoms with Gasteiger partial charge in [-0.25, -0.2) is 0 Å². The third-order valence-corrected chi connectivity index (χ3v) is 3.43. The molecule has 0 spiro atoms. The quantitative estimate of drug-likeness (QED) is 0.880. The number of ether oxygens (including phenoxy) is 1. The van der Waals surface area contributed by atoms with Gasteiger partial charge in [-0.15, -0.1) is 11.3 Å². The number of thiophene rings is 1. The summed E-state index contributed by atoms with van der Waals surface area (Å²) in [7, 11) is 0. The lowest BCUT2D eigenvalue weighted by Crippen LogP contribution is -2.17. The molecule has 0 aliphatic heterocycles. The zero-order chi connectivity index (χ0) is 11.4. The first-order valence-electron chi connectivity index (χ1n) is 5.25. The van der Waals surface area contributed by atoms with Crippen LogP contribution in [0.15, 0.2) is 42.5 Å².